The second kappa shape index (κ2) is 7.40. The van der Waals surface area contributed by atoms with Crippen LogP contribution in [0.5, 0.6) is 0 Å². The highest BCUT2D eigenvalue weighted by Crippen LogP contribution is 2.31. The quantitative estimate of drug-likeness (QED) is 0.790. The summed E-state index contributed by atoms with van der Waals surface area (Å²) in [5, 5.41) is 8.77. The highest BCUT2D eigenvalue weighted by atomic mass is 79.9. The molecule has 0 unspecified atom stereocenters. The van der Waals surface area contributed by atoms with Crippen molar-refractivity contribution in [3.05, 3.63) is 27.8 Å². The molecule has 2 N–H and O–H groups in total. The van der Waals surface area contributed by atoms with Gasteiger partial charge in [-0.15, -0.1) is 11.3 Å². The number of thiazole rings is 1. The molecule has 1 fully saturated rings. The normalized spacial score (nSPS) is 15.4. The summed E-state index contributed by atoms with van der Waals surface area (Å²) in [4.78, 5) is 20.9. The Morgan fingerprint density at radius 1 is 1.35 bits per heavy atom. The Labute approximate surface area is 148 Å². The summed E-state index contributed by atoms with van der Waals surface area (Å²) >= 11 is 5.07. The summed E-state index contributed by atoms with van der Waals surface area (Å²) in [6.45, 7) is 1.96. The number of carbonyl (C=O) groups excluding carboxylic acids is 1. The number of hydrogen-bond acceptors (Lipinski definition) is 4. The van der Waals surface area contributed by atoms with Crippen LogP contribution >= 0.6 is 27.3 Å². The zero-order valence-corrected chi connectivity index (χ0v) is 15.3. The minimum Gasteiger partial charge on any atom is -0.335 e. The standard InChI is InChI=1S/C16H19BrN4OS/c1-10-9-23-15(19-10)12-7-14(18-8-13(12)17)21-16(22)20-11-5-3-2-4-6-11/h7-9,11H,2-6H2,1H3,(H2,18,20,21,22). The fourth-order valence-electron chi connectivity index (χ4n) is 2.73. The highest BCUT2D eigenvalue weighted by molar-refractivity contribution is 9.10. The first-order chi connectivity index (χ1) is 11.1. The van der Waals surface area contributed by atoms with Crippen LogP contribution in [0.3, 0.4) is 0 Å². The van der Waals surface area contributed by atoms with Crippen molar-refractivity contribution in [1.29, 1.82) is 0 Å². The van der Waals surface area contributed by atoms with Gasteiger partial charge in [0.05, 0.1) is 0 Å². The summed E-state index contributed by atoms with van der Waals surface area (Å²) in [6.07, 6.45) is 7.46. The monoisotopic (exact) mass is 394 g/mol. The van der Waals surface area contributed by atoms with Crippen LogP contribution in [0.2, 0.25) is 0 Å². The summed E-state index contributed by atoms with van der Waals surface area (Å²) in [5.41, 5.74) is 1.92. The van der Waals surface area contributed by atoms with E-state index in [4.69, 9.17) is 0 Å². The molecule has 0 aromatic carbocycles. The number of aryl methyl sites for hydroxylation is 1. The lowest BCUT2D eigenvalue weighted by Crippen LogP contribution is -2.39. The maximum Gasteiger partial charge on any atom is 0.320 e. The van der Waals surface area contributed by atoms with E-state index in [0.717, 1.165) is 33.6 Å². The van der Waals surface area contributed by atoms with Gasteiger partial charge in [0.25, 0.3) is 0 Å². The van der Waals surface area contributed by atoms with Crippen LogP contribution in [-0.4, -0.2) is 22.0 Å². The van der Waals surface area contributed by atoms with Crippen LogP contribution in [0.25, 0.3) is 10.6 Å². The molecule has 0 spiro atoms. The Kier molecular flexibility index (Phi) is 5.27. The van der Waals surface area contributed by atoms with Crippen LogP contribution in [0.15, 0.2) is 22.1 Å². The molecular weight excluding hydrogens is 376 g/mol. The molecule has 1 saturated carbocycles. The molecule has 0 bridgehead atoms. The van der Waals surface area contributed by atoms with E-state index in [1.807, 2.05) is 18.4 Å². The van der Waals surface area contributed by atoms with E-state index in [2.05, 4.69) is 36.5 Å². The number of nitrogens with zero attached hydrogens (tertiary/aromatic N) is 2. The van der Waals surface area contributed by atoms with Crippen LogP contribution in [0, 0.1) is 6.92 Å². The Balaban J connectivity index is 1.69. The van der Waals surface area contributed by atoms with E-state index in [1.165, 1.54) is 19.3 Å². The molecule has 2 amide bonds. The Morgan fingerprint density at radius 2 is 2.13 bits per heavy atom. The lowest BCUT2D eigenvalue weighted by molar-refractivity contribution is 0.244. The van der Waals surface area contributed by atoms with Gasteiger partial charge in [-0.25, -0.2) is 14.8 Å². The third kappa shape index (κ3) is 4.29. The molecule has 2 aromatic heterocycles. The van der Waals surface area contributed by atoms with Gasteiger partial charge in [-0.1, -0.05) is 19.3 Å². The molecule has 122 valence electrons. The summed E-state index contributed by atoms with van der Waals surface area (Å²) < 4.78 is 0.866. The molecule has 0 aliphatic heterocycles. The molecule has 0 atom stereocenters. The van der Waals surface area contributed by atoms with E-state index in [9.17, 15) is 4.79 Å². The smallest absolute Gasteiger partial charge is 0.320 e. The second-order valence-corrected chi connectivity index (χ2v) is 7.49. The number of carbonyl (C=O) groups is 1. The van der Waals surface area contributed by atoms with Crippen molar-refractivity contribution in [2.45, 2.75) is 45.1 Å². The first kappa shape index (κ1) is 16.4. The lowest BCUT2D eigenvalue weighted by atomic mass is 9.96. The first-order valence-electron chi connectivity index (χ1n) is 7.77. The number of aromatic nitrogens is 2. The highest BCUT2D eigenvalue weighted by Gasteiger charge is 2.16. The molecule has 7 heteroatoms. The number of halogens is 1. The average Bonchev–Trinajstić information content (AvgIpc) is 2.96. The molecule has 0 saturated heterocycles. The van der Waals surface area contributed by atoms with Crippen molar-refractivity contribution in [2.24, 2.45) is 0 Å². The van der Waals surface area contributed by atoms with Gasteiger partial charge in [-0.05, 0) is 41.8 Å². The summed E-state index contributed by atoms with van der Waals surface area (Å²) in [7, 11) is 0. The minimum absolute atomic E-state index is 0.187. The van der Waals surface area contributed by atoms with Crippen LogP contribution in [0.4, 0.5) is 10.6 Å². The van der Waals surface area contributed by atoms with Crippen molar-refractivity contribution >= 4 is 39.1 Å². The van der Waals surface area contributed by atoms with Crippen molar-refractivity contribution in [1.82, 2.24) is 15.3 Å². The molecule has 2 heterocycles. The SMILES string of the molecule is Cc1csc(-c2cc(NC(=O)NC3CCCCC3)ncc2Br)n1. The van der Waals surface area contributed by atoms with Gasteiger partial charge in [-0.2, -0.15) is 0 Å². The van der Waals surface area contributed by atoms with Gasteiger partial charge in [0.1, 0.15) is 10.8 Å². The predicted molar refractivity (Wildman–Crippen MR) is 96.8 cm³/mol. The van der Waals surface area contributed by atoms with E-state index < -0.39 is 0 Å². The van der Waals surface area contributed by atoms with Crippen molar-refractivity contribution in [2.75, 3.05) is 5.32 Å². The van der Waals surface area contributed by atoms with Gasteiger partial charge in [0, 0.05) is 33.3 Å². The van der Waals surface area contributed by atoms with Gasteiger partial charge >= 0.3 is 6.03 Å². The number of urea groups is 1. The third-order valence-corrected chi connectivity index (χ3v) is 5.51. The van der Waals surface area contributed by atoms with Crippen LogP contribution in [0.1, 0.15) is 37.8 Å². The Hall–Kier alpha value is -1.47. The first-order valence-corrected chi connectivity index (χ1v) is 9.44. The van der Waals surface area contributed by atoms with E-state index in [1.54, 1.807) is 17.5 Å². The molecule has 1 aliphatic carbocycles. The zero-order chi connectivity index (χ0) is 16.2. The second-order valence-electron chi connectivity index (χ2n) is 5.78. The fourth-order valence-corrected chi connectivity index (χ4v) is 4.10. The third-order valence-electron chi connectivity index (χ3n) is 3.89. The van der Waals surface area contributed by atoms with E-state index >= 15 is 0 Å². The number of pyridine rings is 1. The summed E-state index contributed by atoms with van der Waals surface area (Å²) in [5.74, 6) is 0.532. The lowest BCUT2D eigenvalue weighted by Gasteiger charge is -2.22. The Morgan fingerprint density at radius 3 is 2.83 bits per heavy atom. The van der Waals surface area contributed by atoms with Crippen LogP contribution < -0.4 is 10.6 Å². The van der Waals surface area contributed by atoms with Crippen LogP contribution in [-0.2, 0) is 0 Å². The van der Waals surface area contributed by atoms with Gasteiger partial charge in [0.15, 0.2) is 0 Å². The molecule has 5 nitrogen and oxygen atoms in total. The average molecular weight is 395 g/mol. The number of amides is 2. The number of hydrogen-bond donors (Lipinski definition) is 2. The molecule has 0 radical (unpaired) electrons. The number of anilines is 1. The topological polar surface area (TPSA) is 66.9 Å². The maximum absolute atomic E-state index is 12.1. The summed E-state index contributed by atoms with van der Waals surface area (Å²) in [6, 6.07) is 1.94. The minimum atomic E-state index is -0.187. The number of nitrogens with one attached hydrogen (secondary N) is 2. The van der Waals surface area contributed by atoms with Gasteiger partial charge < -0.3 is 5.32 Å². The molecule has 1 aliphatic rings. The van der Waals surface area contributed by atoms with Crippen molar-refractivity contribution < 1.29 is 4.79 Å². The molecule has 3 rings (SSSR count). The zero-order valence-electron chi connectivity index (χ0n) is 12.9. The molecular formula is C16H19BrN4OS. The van der Waals surface area contributed by atoms with Crippen molar-refractivity contribution in [3.63, 3.8) is 0 Å². The van der Waals surface area contributed by atoms with Gasteiger partial charge in [0.2, 0.25) is 0 Å². The maximum atomic E-state index is 12.1. The Bertz CT molecular complexity index is 697. The van der Waals surface area contributed by atoms with E-state index in [-0.39, 0.29) is 12.1 Å². The molecule has 23 heavy (non-hydrogen) atoms. The predicted octanol–water partition coefficient (Wildman–Crippen LogP) is 4.73. The largest absolute Gasteiger partial charge is 0.335 e. The van der Waals surface area contributed by atoms with Gasteiger partial charge in [-0.3, -0.25) is 5.32 Å². The van der Waals surface area contributed by atoms with Crippen molar-refractivity contribution in [3.8, 4) is 10.6 Å². The number of rotatable bonds is 3. The fraction of sp³-hybridized carbons (Fsp3) is 0.438. The molecule has 2 aromatic rings. The van der Waals surface area contributed by atoms with E-state index in [0.29, 0.717) is 5.82 Å².